The zero-order valence-corrected chi connectivity index (χ0v) is 17.5. The van der Waals surface area contributed by atoms with E-state index in [9.17, 15) is 9.59 Å². The number of methoxy groups -OCH3 is 1. The number of carbonyl (C=O) groups is 2. The number of ether oxygens (including phenoxy) is 1. The number of thioether (sulfide) groups is 1. The molecule has 1 heterocycles. The second-order valence-electron chi connectivity index (χ2n) is 6.44. The number of hydrogen-bond donors (Lipinski definition) is 2. The van der Waals surface area contributed by atoms with Gasteiger partial charge in [0.2, 0.25) is 11.8 Å². The number of rotatable bonds is 8. The van der Waals surface area contributed by atoms with Crippen LogP contribution in [0.3, 0.4) is 0 Å². The fourth-order valence-electron chi connectivity index (χ4n) is 2.94. The molecule has 0 aliphatic heterocycles. The highest BCUT2D eigenvalue weighted by Gasteiger charge is 2.13. The first-order valence-electron chi connectivity index (χ1n) is 9.31. The maximum absolute atomic E-state index is 12.2. The molecule has 0 unspecified atom stereocenters. The molecule has 3 aromatic rings. The van der Waals surface area contributed by atoms with E-state index < -0.39 is 0 Å². The molecule has 2 aromatic carbocycles. The Labute approximate surface area is 173 Å². The van der Waals surface area contributed by atoms with Crippen LogP contribution in [0.15, 0.2) is 47.6 Å². The molecule has 0 aliphatic rings. The first-order valence-corrected chi connectivity index (χ1v) is 10.3. The van der Waals surface area contributed by atoms with Gasteiger partial charge < -0.3 is 19.9 Å². The summed E-state index contributed by atoms with van der Waals surface area (Å²) in [6, 6.07) is 13.4. The number of amides is 2. The largest absolute Gasteiger partial charge is 0.495 e. The van der Waals surface area contributed by atoms with Gasteiger partial charge in [-0.25, -0.2) is 4.98 Å². The van der Waals surface area contributed by atoms with Crippen molar-refractivity contribution >= 4 is 40.3 Å². The second-order valence-corrected chi connectivity index (χ2v) is 7.39. The summed E-state index contributed by atoms with van der Waals surface area (Å²) in [5, 5.41) is 6.20. The van der Waals surface area contributed by atoms with Gasteiger partial charge in [0.05, 0.1) is 36.1 Å². The van der Waals surface area contributed by atoms with Gasteiger partial charge in [0.15, 0.2) is 5.16 Å². The monoisotopic (exact) mass is 412 g/mol. The fraction of sp³-hybridized carbons (Fsp3) is 0.286. The van der Waals surface area contributed by atoms with Crippen LogP contribution < -0.4 is 15.4 Å². The quantitative estimate of drug-likeness (QED) is 0.555. The number of anilines is 1. The molecule has 1 aromatic heterocycles. The number of aryl methyl sites for hydroxylation is 2. The lowest BCUT2D eigenvalue weighted by Crippen LogP contribution is -2.34. The van der Waals surface area contributed by atoms with Gasteiger partial charge in [-0.1, -0.05) is 30.0 Å². The molecule has 0 bridgehead atoms. The van der Waals surface area contributed by atoms with Gasteiger partial charge >= 0.3 is 0 Å². The van der Waals surface area contributed by atoms with Crippen LogP contribution in [0, 0.1) is 6.92 Å². The molecule has 0 atom stereocenters. The number of imidazole rings is 1. The second kappa shape index (κ2) is 9.47. The van der Waals surface area contributed by atoms with Crippen molar-refractivity contribution in [3.05, 3.63) is 48.0 Å². The van der Waals surface area contributed by atoms with Gasteiger partial charge in [-0.05, 0) is 43.7 Å². The fourth-order valence-corrected chi connectivity index (χ4v) is 3.85. The molecular formula is C21H24N4O3S. The summed E-state index contributed by atoms with van der Waals surface area (Å²) in [4.78, 5) is 29.0. The number of nitrogens with one attached hydrogen (secondary N) is 2. The van der Waals surface area contributed by atoms with Crippen LogP contribution in [0.5, 0.6) is 5.75 Å². The first kappa shape index (κ1) is 20.7. The van der Waals surface area contributed by atoms with E-state index in [1.165, 1.54) is 11.8 Å². The summed E-state index contributed by atoms with van der Waals surface area (Å²) in [5.74, 6) is 0.220. The van der Waals surface area contributed by atoms with Crippen molar-refractivity contribution in [1.82, 2.24) is 14.9 Å². The van der Waals surface area contributed by atoms with Crippen LogP contribution >= 0.6 is 11.8 Å². The zero-order valence-electron chi connectivity index (χ0n) is 16.7. The highest BCUT2D eigenvalue weighted by molar-refractivity contribution is 7.99. The normalized spacial score (nSPS) is 10.7. The van der Waals surface area contributed by atoms with Crippen LogP contribution in [0.1, 0.15) is 12.5 Å². The van der Waals surface area contributed by atoms with Crippen molar-refractivity contribution in [2.75, 3.05) is 24.7 Å². The number of fused-ring (bicyclic) bond motifs is 1. The van der Waals surface area contributed by atoms with E-state index in [4.69, 9.17) is 4.74 Å². The van der Waals surface area contributed by atoms with Crippen LogP contribution in [-0.4, -0.2) is 40.8 Å². The van der Waals surface area contributed by atoms with E-state index in [1.807, 2.05) is 50.2 Å². The molecule has 0 saturated heterocycles. The lowest BCUT2D eigenvalue weighted by molar-refractivity contribution is -0.122. The molecule has 0 aliphatic carbocycles. The summed E-state index contributed by atoms with van der Waals surface area (Å²) in [5.41, 5.74) is 3.53. The molecule has 29 heavy (non-hydrogen) atoms. The molecule has 7 nitrogen and oxygen atoms in total. The van der Waals surface area contributed by atoms with Gasteiger partial charge in [-0.2, -0.15) is 0 Å². The van der Waals surface area contributed by atoms with E-state index in [2.05, 4.69) is 20.2 Å². The van der Waals surface area contributed by atoms with Gasteiger partial charge in [-0.3, -0.25) is 9.59 Å². The predicted molar refractivity (Wildman–Crippen MR) is 116 cm³/mol. The Morgan fingerprint density at radius 2 is 1.97 bits per heavy atom. The van der Waals surface area contributed by atoms with Gasteiger partial charge in [0.25, 0.3) is 0 Å². The number of carbonyl (C=O) groups excluding carboxylic acids is 2. The number of benzene rings is 2. The first-order chi connectivity index (χ1) is 14.0. The van der Waals surface area contributed by atoms with E-state index >= 15 is 0 Å². The average Bonchev–Trinajstić information content (AvgIpc) is 3.08. The Morgan fingerprint density at radius 1 is 1.17 bits per heavy atom. The van der Waals surface area contributed by atoms with Crippen LogP contribution in [0.2, 0.25) is 0 Å². The maximum Gasteiger partial charge on any atom is 0.243 e. The molecule has 0 radical (unpaired) electrons. The van der Waals surface area contributed by atoms with Crippen LogP contribution in [0.4, 0.5) is 5.69 Å². The third-order valence-electron chi connectivity index (χ3n) is 4.34. The minimum atomic E-state index is -0.312. The highest BCUT2D eigenvalue weighted by Crippen LogP contribution is 2.25. The van der Waals surface area contributed by atoms with E-state index in [0.717, 1.165) is 28.3 Å². The van der Waals surface area contributed by atoms with E-state index in [-0.39, 0.29) is 24.1 Å². The lowest BCUT2D eigenvalue weighted by Gasteiger charge is -2.11. The number of hydrogen-bond acceptors (Lipinski definition) is 5. The van der Waals surface area contributed by atoms with Crippen molar-refractivity contribution < 1.29 is 14.3 Å². The summed E-state index contributed by atoms with van der Waals surface area (Å²) in [6.07, 6.45) is 0. The standard InChI is InChI=1S/C21H24N4O3S/c1-4-25-17-8-6-5-7-15(17)24-21(25)29-13-20(27)22-12-19(26)23-16-11-14(2)9-10-18(16)28-3/h5-11H,4,12-13H2,1-3H3,(H,22,27)(H,23,26). The number of nitrogens with zero attached hydrogens (tertiary/aromatic N) is 2. The van der Waals surface area contributed by atoms with Crippen molar-refractivity contribution in [3.8, 4) is 5.75 Å². The van der Waals surface area contributed by atoms with Crippen LogP contribution in [0.25, 0.3) is 11.0 Å². The Hall–Kier alpha value is -3.00. The molecular weight excluding hydrogens is 388 g/mol. The molecule has 2 N–H and O–H groups in total. The third-order valence-corrected chi connectivity index (χ3v) is 5.32. The Kier molecular flexibility index (Phi) is 6.77. The van der Waals surface area contributed by atoms with Crippen molar-refractivity contribution in [2.45, 2.75) is 25.5 Å². The molecule has 0 fully saturated rings. The minimum absolute atomic E-state index is 0.110. The van der Waals surface area contributed by atoms with Gasteiger partial charge in [0.1, 0.15) is 5.75 Å². The van der Waals surface area contributed by atoms with Crippen molar-refractivity contribution in [1.29, 1.82) is 0 Å². The van der Waals surface area contributed by atoms with Gasteiger partial charge in [0, 0.05) is 6.54 Å². The summed E-state index contributed by atoms with van der Waals surface area (Å²) >= 11 is 1.36. The predicted octanol–water partition coefficient (Wildman–Crippen LogP) is 3.22. The van der Waals surface area contributed by atoms with E-state index in [1.54, 1.807) is 13.2 Å². The SMILES string of the molecule is CCn1c(SCC(=O)NCC(=O)Nc2cc(C)ccc2OC)nc2ccccc21. The number of aromatic nitrogens is 2. The topological polar surface area (TPSA) is 85.2 Å². The molecule has 0 saturated carbocycles. The van der Waals surface area contributed by atoms with Crippen molar-refractivity contribution in [3.63, 3.8) is 0 Å². The Bertz CT molecular complexity index is 1030. The Morgan fingerprint density at radius 3 is 2.72 bits per heavy atom. The highest BCUT2D eigenvalue weighted by atomic mass is 32.2. The smallest absolute Gasteiger partial charge is 0.243 e. The Balaban J connectivity index is 1.53. The maximum atomic E-state index is 12.2. The lowest BCUT2D eigenvalue weighted by atomic mass is 10.2. The zero-order chi connectivity index (χ0) is 20.8. The third kappa shape index (κ3) is 5.08. The molecule has 0 spiro atoms. The molecule has 2 amide bonds. The molecule has 152 valence electrons. The number of para-hydroxylation sites is 2. The average molecular weight is 413 g/mol. The van der Waals surface area contributed by atoms with Gasteiger partial charge in [-0.15, -0.1) is 0 Å². The van der Waals surface area contributed by atoms with E-state index in [0.29, 0.717) is 11.4 Å². The molecule has 8 heteroatoms. The van der Waals surface area contributed by atoms with Crippen LogP contribution in [-0.2, 0) is 16.1 Å². The minimum Gasteiger partial charge on any atom is -0.495 e. The van der Waals surface area contributed by atoms with Crippen molar-refractivity contribution in [2.24, 2.45) is 0 Å². The summed E-state index contributed by atoms with van der Waals surface area (Å²) in [7, 11) is 1.54. The molecule has 3 rings (SSSR count). The summed E-state index contributed by atoms with van der Waals surface area (Å²) in [6.45, 7) is 4.63. The summed E-state index contributed by atoms with van der Waals surface area (Å²) < 4.78 is 7.32.